The maximum absolute atomic E-state index is 5.64. The fourth-order valence-corrected chi connectivity index (χ4v) is 1.09. The average Bonchev–Trinajstić information content (AvgIpc) is 2.04. The summed E-state index contributed by atoms with van der Waals surface area (Å²) in [5, 5.41) is 3.49. The molecular formula is C10H24N2. The highest BCUT2D eigenvalue weighted by molar-refractivity contribution is 4.71. The van der Waals surface area contributed by atoms with Crippen LogP contribution in [0.1, 0.15) is 34.1 Å². The number of hydrogen-bond acceptors (Lipinski definition) is 2. The molecule has 0 saturated carbocycles. The molecule has 0 fully saturated rings. The summed E-state index contributed by atoms with van der Waals surface area (Å²) >= 11 is 0. The lowest BCUT2D eigenvalue weighted by atomic mass is 10.0. The fraction of sp³-hybridized carbons (Fsp3) is 1.00. The molecule has 0 aromatic carbocycles. The van der Waals surface area contributed by atoms with E-state index in [1.807, 2.05) is 0 Å². The van der Waals surface area contributed by atoms with Crippen LogP contribution in [0.3, 0.4) is 0 Å². The van der Waals surface area contributed by atoms with Crippen LogP contribution in [0.5, 0.6) is 0 Å². The molecule has 0 aromatic rings. The molecule has 0 aromatic heterocycles. The Bertz CT molecular complexity index is 102. The molecule has 0 rings (SSSR count). The normalized spacial score (nSPS) is 16.5. The van der Waals surface area contributed by atoms with Crippen LogP contribution in [0, 0.1) is 11.8 Å². The van der Waals surface area contributed by atoms with Crippen LogP contribution in [-0.2, 0) is 0 Å². The molecule has 0 bridgehead atoms. The van der Waals surface area contributed by atoms with E-state index in [0.717, 1.165) is 19.0 Å². The number of nitrogens with two attached hydrogens (primary N) is 1. The van der Waals surface area contributed by atoms with E-state index >= 15 is 0 Å². The standard InChI is InChI=1S/C10H24N2/c1-5-9(4)7-12-10(6-11)8(2)3/h8-10,12H,5-7,11H2,1-4H3. The zero-order chi connectivity index (χ0) is 9.56. The van der Waals surface area contributed by atoms with Gasteiger partial charge in [0.2, 0.25) is 0 Å². The Morgan fingerprint density at radius 2 is 1.83 bits per heavy atom. The zero-order valence-electron chi connectivity index (χ0n) is 8.93. The van der Waals surface area contributed by atoms with Crippen molar-refractivity contribution < 1.29 is 0 Å². The molecule has 0 amide bonds. The van der Waals surface area contributed by atoms with Crippen molar-refractivity contribution in [1.82, 2.24) is 5.32 Å². The molecule has 0 heterocycles. The minimum atomic E-state index is 0.485. The van der Waals surface area contributed by atoms with Gasteiger partial charge in [0.05, 0.1) is 0 Å². The maximum Gasteiger partial charge on any atom is 0.0213 e. The molecule has 3 N–H and O–H groups in total. The summed E-state index contributed by atoms with van der Waals surface area (Å²) < 4.78 is 0. The van der Waals surface area contributed by atoms with Gasteiger partial charge in [-0.2, -0.15) is 0 Å². The maximum atomic E-state index is 5.64. The molecule has 2 atom stereocenters. The van der Waals surface area contributed by atoms with Crippen LogP contribution in [0.4, 0.5) is 0 Å². The second kappa shape index (κ2) is 6.44. The molecule has 0 aliphatic carbocycles. The molecule has 2 nitrogen and oxygen atoms in total. The highest BCUT2D eigenvalue weighted by atomic mass is 14.9. The minimum absolute atomic E-state index is 0.485. The van der Waals surface area contributed by atoms with E-state index in [9.17, 15) is 0 Å². The highest BCUT2D eigenvalue weighted by Gasteiger charge is 2.10. The summed E-state index contributed by atoms with van der Waals surface area (Å²) in [4.78, 5) is 0. The van der Waals surface area contributed by atoms with E-state index in [4.69, 9.17) is 5.73 Å². The molecule has 12 heavy (non-hydrogen) atoms. The third-order valence-electron chi connectivity index (χ3n) is 2.48. The first kappa shape index (κ1) is 11.9. The zero-order valence-corrected chi connectivity index (χ0v) is 8.93. The van der Waals surface area contributed by atoms with Crippen LogP contribution >= 0.6 is 0 Å². The Morgan fingerprint density at radius 3 is 2.17 bits per heavy atom. The molecule has 0 saturated heterocycles. The van der Waals surface area contributed by atoms with Gasteiger partial charge in [0.25, 0.3) is 0 Å². The summed E-state index contributed by atoms with van der Waals surface area (Å²) in [5.41, 5.74) is 5.64. The molecule has 0 aliphatic rings. The Kier molecular flexibility index (Phi) is 6.39. The number of nitrogens with one attached hydrogen (secondary N) is 1. The van der Waals surface area contributed by atoms with Crippen LogP contribution in [0.15, 0.2) is 0 Å². The second-order valence-corrected chi connectivity index (χ2v) is 4.01. The third-order valence-corrected chi connectivity index (χ3v) is 2.48. The van der Waals surface area contributed by atoms with Gasteiger partial charge in [-0.1, -0.05) is 34.1 Å². The van der Waals surface area contributed by atoms with Gasteiger partial charge in [0.1, 0.15) is 0 Å². The van der Waals surface area contributed by atoms with Gasteiger partial charge < -0.3 is 11.1 Å². The van der Waals surface area contributed by atoms with E-state index < -0.39 is 0 Å². The Balaban J connectivity index is 3.58. The molecule has 2 unspecified atom stereocenters. The first-order valence-electron chi connectivity index (χ1n) is 5.05. The predicted octanol–water partition coefficient (Wildman–Crippen LogP) is 1.61. The molecular weight excluding hydrogens is 148 g/mol. The van der Waals surface area contributed by atoms with E-state index in [1.165, 1.54) is 6.42 Å². The van der Waals surface area contributed by atoms with Crippen molar-refractivity contribution in [1.29, 1.82) is 0 Å². The molecule has 74 valence electrons. The fourth-order valence-electron chi connectivity index (χ4n) is 1.09. The smallest absolute Gasteiger partial charge is 0.0213 e. The summed E-state index contributed by atoms with van der Waals surface area (Å²) in [6, 6.07) is 0.485. The first-order chi connectivity index (χ1) is 5.61. The molecule has 2 heteroatoms. The number of rotatable bonds is 6. The predicted molar refractivity (Wildman–Crippen MR) is 55.1 cm³/mol. The van der Waals surface area contributed by atoms with Crippen molar-refractivity contribution >= 4 is 0 Å². The van der Waals surface area contributed by atoms with Crippen molar-refractivity contribution in [2.45, 2.75) is 40.2 Å². The highest BCUT2D eigenvalue weighted by Crippen LogP contribution is 2.02. The SMILES string of the molecule is CCC(C)CNC(CN)C(C)C. The topological polar surface area (TPSA) is 38.0 Å². The number of hydrogen-bond donors (Lipinski definition) is 2. The van der Waals surface area contributed by atoms with E-state index in [2.05, 4.69) is 33.0 Å². The molecule has 0 spiro atoms. The van der Waals surface area contributed by atoms with Crippen molar-refractivity contribution in [2.24, 2.45) is 17.6 Å². The van der Waals surface area contributed by atoms with Crippen LogP contribution in [0.25, 0.3) is 0 Å². The van der Waals surface area contributed by atoms with Crippen LogP contribution in [-0.4, -0.2) is 19.1 Å². The van der Waals surface area contributed by atoms with Gasteiger partial charge in [-0.15, -0.1) is 0 Å². The lowest BCUT2D eigenvalue weighted by molar-refractivity contribution is 0.372. The van der Waals surface area contributed by atoms with Crippen molar-refractivity contribution in [3.63, 3.8) is 0 Å². The Labute approximate surface area is 76.9 Å². The van der Waals surface area contributed by atoms with E-state index in [-0.39, 0.29) is 0 Å². The van der Waals surface area contributed by atoms with E-state index in [1.54, 1.807) is 0 Å². The van der Waals surface area contributed by atoms with Gasteiger partial charge in [0, 0.05) is 12.6 Å². The van der Waals surface area contributed by atoms with Gasteiger partial charge in [-0.3, -0.25) is 0 Å². The molecule has 0 radical (unpaired) electrons. The van der Waals surface area contributed by atoms with E-state index in [0.29, 0.717) is 12.0 Å². The van der Waals surface area contributed by atoms with Gasteiger partial charge >= 0.3 is 0 Å². The second-order valence-electron chi connectivity index (χ2n) is 4.01. The van der Waals surface area contributed by atoms with Crippen molar-refractivity contribution in [3.8, 4) is 0 Å². The lowest BCUT2D eigenvalue weighted by Gasteiger charge is -2.22. The largest absolute Gasteiger partial charge is 0.329 e. The Morgan fingerprint density at radius 1 is 1.25 bits per heavy atom. The summed E-state index contributed by atoms with van der Waals surface area (Å²) in [6.45, 7) is 10.7. The summed E-state index contributed by atoms with van der Waals surface area (Å²) in [6.07, 6.45) is 1.24. The summed E-state index contributed by atoms with van der Waals surface area (Å²) in [5.74, 6) is 1.40. The first-order valence-corrected chi connectivity index (χ1v) is 5.05. The van der Waals surface area contributed by atoms with Gasteiger partial charge in [-0.25, -0.2) is 0 Å². The monoisotopic (exact) mass is 172 g/mol. The Hall–Kier alpha value is -0.0800. The molecule has 0 aliphatic heterocycles. The van der Waals surface area contributed by atoms with Crippen molar-refractivity contribution in [3.05, 3.63) is 0 Å². The average molecular weight is 172 g/mol. The van der Waals surface area contributed by atoms with Gasteiger partial charge in [-0.05, 0) is 18.4 Å². The van der Waals surface area contributed by atoms with Crippen molar-refractivity contribution in [2.75, 3.05) is 13.1 Å². The lowest BCUT2D eigenvalue weighted by Crippen LogP contribution is -2.42. The van der Waals surface area contributed by atoms with Crippen LogP contribution < -0.4 is 11.1 Å². The summed E-state index contributed by atoms with van der Waals surface area (Å²) in [7, 11) is 0. The third kappa shape index (κ3) is 4.73. The van der Waals surface area contributed by atoms with Gasteiger partial charge in [0.15, 0.2) is 0 Å². The quantitative estimate of drug-likeness (QED) is 0.639. The minimum Gasteiger partial charge on any atom is -0.329 e. The van der Waals surface area contributed by atoms with Crippen LogP contribution in [0.2, 0.25) is 0 Å².